The summed E-state index contributed by atoms with van der Waals surface area (Å²) in [7, 11) is 2.01. The van der Waals surface area contributed by atoms with E-state index in [4.69, 9.17) is 0 Å². The average molecular weight is 281 g/mol. The molecule has 3 heteroatoms. The lowest BCUT2D eigenvalue weighted by atomic mass is 10.0. The number of pyridine rings is 1. The highest BCUT2D eigenvalue weighted by atomic mass is 15.1. The molecule has 3 rings (SSSR count). The summed E-state index contributed by atoms with van der Waals surface area (Å²) in [5, 5.41) is 3.31. The topological polar surface area (TPSA) is 28.2 Å². The highest BCUT2D eigenvalue weighted by molar-refractivity contribution is 5.59. The van der Waals surface area contributed by atoms with E-state index in [1.807, 2.05) is 25.5 Å². The molecule has 1 atom stereocenters. The Morgan fingerprint density at radius 2 is 2.24 bits per heavy atom. The first-order chi connectivity index (χ1) is 10.3. The molecular formula is C18H23N3. The van der Waals surface area contributed by atoms with Crippen molar-refractivity contribution in [3.05, 3.63) is 59.4 Å². The molecule has 0 spiro atoms. The molecule has 0 radical (unpaired) electrons. The largest absolute Gasteiger partial charge is 0.371 e. The van der Waals surface area contributed by atoms with Gasteiger partial charge in [-0.1, -0.05) is 18.2 Å². The van der Waals surface area contributed by atoms with Gasteiger partial charge in [0.25, 0.3) is 0 Å². The highest BCUT2D eigenvalue weighted by Gasteiger charge is 2.19. The van der Waals surface area contributed by atoms with Gasteiger partial charge in [-0.2, -0.15) is 0 Å². The third-order valence-corrected chi connectivity index (χ3v) is 4.42. The zero-order chi connectivity index (χ0) is 14.7. The number of fused-ring (bicyclic) bond motifs is 1. The van der Waals surface area contributed by atoms with Gasteiger partial charge in [-0.05, 0) is 55.6 Å². The van der Waals surface area contributed by atoms with Gasteiger partial charge in [0.05, 0.1) is 0 Å². The number of rotatable bonds is 5. The Labute approximate surface area is 127 Å². The number of hydrogen-bond acceptors (Lipinski definition) is 3. The van der Waals surface area contributed by atoms with Gasteiger partial charge in [-0.3, -0.25) is 4.98 Å². The quantitative estimate of drug-likeness (QED) is 0.913. The van der Waals surface area contributed by atoms with Crippen LogP contribution < -0.4 is 10.2 Å². The smallest absolute Gasteiger partial charge is 0.0399 e. The van der Waals surface area contributed by atoms with Crippen LogP contribution in [0.5, 0.6) is 0 Å². The fraction of sp³-hybridized carbons (Fsp3) is 0.389. The number of benzene rings is 1. The van der Waals surface area contributed by atoms with E-state index in [0.29, 0.717) is 6.04 Å². The second kappa shape index (κ2) is 6.27. The Morgan fingerprint density at radius 1 is 1.33 bits per heavy atom. The molecule has 1 N–H and O–H groups in total. The zero-order valence-electron chi connectivity index (χ0n) is 12.8. The van der Waals surface area contributed by atoms with E-state index in [0.717, 1.165) is 25.9 Å². The van der Waals surface area contributed by atoms with E-state index < -0.39 is 0 Å². The summed E-state index contributed by atoms with van der Waals surface area (Å²) < 4.78 is 0. The van der Waals surface area contributed by atoms with E-state index in [-0.39, 0.29) is 0 Å². The van der Waals surface area contributed by atoms with Crippen LogP contribution in [0, 0.1) is 0 Å². The highest BCUT2D eigenvalue weighted by Crippen LogP contribution is 2.30. The number of nitrogens with one attached hydrogen (secondary N) is 1. The van der Waals surface area contributed by atoms with Crippen LogP contribution in [0.1, 0.15) is 29.7 Å². The van der Waals surface area contributed by atoms with E-state index in [1.54, 1.807) is 0 Å². The van der Waals surface area contributed by atoms with Crippen LogP contribution in [0.3, 0.4) is 0 Å². The number of aromatic nitrogens is 1. The number of hydrogen-bond donors (Lipinski definition) is 1. The van der Waals surface area contributed by atoms with Gasteiger partial charge in [0.2, 0.25) is 0 Å². The van der Waals surface area contributed by atoms with Crippen molar-refractivity contribution in [3.63, 3.8) is 0 Å². The molecule has 1 aliphatic rings. The molecule has 0 bridgehead atoms. The number of nitrogens with zero attached hydrogens (tertiary/aromatic N) is 2. The minimum absolute atomic E-state index is 0.416. The Balaban J connectivity index is 1.69. The van der Waals surface area contributed by atoms with Crippen LogP contribution in [-0.2, 0) is 12.8 Å². The molecule has 2 heterocycles. The summed E-state index contributed by atoms with van der Waals surface area (Å²) in [5.74, 6) is 0. The summed E-state index contributed by atoms with van der Waals surface area (Å²) in [6.07, 6.45) is 6.02. The van der Waals surface area contributed by atoms with Gasteiger partial charge < -0.3 is 10.2 Å². The van der Waals surface area contributed by atoms with Crippen LogP contribution in [0.25, 0.3) is 0 Å². The van der Waals surface area contributed by atoms with Crippen LogP contribution in [0.4, 0.5) is 5.69 Å². The first kappa shape index (κ1) is 14.1. The molecule has 0 aliphatic carbocycles. The lowest BCUT2D eigenvalue weighted by Crippen LogP contribution is -2.23. The second-order valence-corrected chi connectivity index (χ2v) is 5.75. The molecule has 1 aromatic heterocycles. The monoisotopic (exact) mass is 281 g/mol. The molecule has 0 saturated heterocycles. The summed E-state index contributed by atoms with van der Waals surface area (Å²) in [6, 6.07) is 11.5. The molecule has 1 aliphatic heterocycles. The maximum Gasteiger partial charge on any atom is 0.0399 e. The summed E-state index contributed by atoms with van der Waals surface area (Å²) in [4.78, 5) is 6.69. The minimum atomic E-state index is 0.416. The molecule has 0 amide bonds. The molecule has 0 saturated carbocycles. The fourth-order valence-corrected chi connectivity index (χ4v) is 2.97. The lowest BCUT2D eigenvalue weighted by Gasteiger charge is -2.20. The Morgan fingerprint density at radius 3 is 3.00 bits per heavy atom. The van der Waals surface area contributed by atoms with Gasteiger partial charge in [-0.25, -0.2) is 0 Å². The predicted octanol–water partition coefficient (Wildman–Crippen LogP) is 2.97. The average Bonchev–Trinajstić information content (AvgIpc) is 2.95. The molecule has 1 aromatic carbocycles. The molecule has 2 aromatic rings. The number of anilines is 1. The van der Waals surface area contributed by atoms with Crippen LogP contribution in [0.2, 0.25) is 0 Å². The predicted molar refractivity (Wildman–Crippen MR) is 87.8 cm³/mol. The fourth-order valence-electron chi connectivity index (χ4n) is 2.97. The first-order valence-electron chi connectivity index (χ1n) is 7.72. The van der Waals surface area contributed by atoms with Crippen molar-refractivity contribution < 1.29 is 0 Å². The third kappa shape index (κ3) is 3.08. The van der Waals surface area contributed by atoms with E-state index in [1.165, 1.54) is 22.4 Å². The maximum atomic E-state index is 4.19. The van der Waals surface area contributed by atoms with Gasteiger partial charge in [0.15, 0.2) is 0 Å². The Bertz CT molecular complexity index is 595. The van der Waals surface area contributed by atoms with E-state index in [9.17, 15) is 0 Å². The van der Waals surface area contributed by atoms with Crippen LogP contribution in [-0.4, -0.2) is 25.1 Å². The summed E-state index contributed by atoms with van der Waals surface area (Å²) in [6.45, 7) is 4.41. The Kier molecular flexibility index (Phi) is 4.20. The normalized spacial score (nSPS) is 15.0. The van der Waals surface area contributed by atoms with Gasteiger partial charge >= 0.3 is 0 Å². The van der Waals surface area contributed by atoms with Crippen molar-refractivity contribution in [3.8, 4) is 0 Å². The zero-order valence-corrected chi connectivity index (χ0v) is 12.8. The first-order valence-corrected chi connectivity index (χ1v) is 7.72. The molecular weight excluding hydrogens is 258 g/mol. The van der Waals surface area contributed by atoms with Crippen molar-refractivity contribution in [2.75, 3.05) is 25.0 Å². The van der Waals surface area contributed by atoms with Gasteiger partial charge in [0, 0.05) is 37.2 Å². The van der Waals surface area contributed by atoms with Crippen molar-refractivity contribution in [1.82, 2.24) is 10.3 Å². The van der Waals surface area contributed by atoms with Crippen LogP contribution >= 0.6 is 0 Å². The third-order valence-electron chi connectivity index (χ3n) is 4.42. The van der Waals surface area contributed by atoms with Crippen molar-refractivity contribution in [1.29, 1.82) is 0 Å². The minimum Gasteiger partial charge on any atom is -0.371 e. The standard InChI is InChI=1S/C18H23N3/c1-14(19-2)16-5-6-18-17(12-16)8-11-21(18)10-7-15-4-3-9-20-13-15/h3-6,9,12-14,19H,7-8,10-11H2,1-2H3. The molecule has 3 nitrogen and oxygen atoms in total. The maximum absolute atomic E-state index is 4.19. The van der Waals surface area contributed by atoms with Gasteiger partial charge in [-0.15, -0.1) is 0 Å². The molecule has 1 unspecified atom stereocenters. The van der Waals surface area contributed by atoms with Crippen molar-refractivity contribution >= 4 is 5.69 Å². The summed E-state index contributed by atoms with van der Waals surface area (Å²) in [5.41, 5.74) is 5.59. The second-order valence-electron chi connectivity index (χ2n) is 5.75. The van der Waals surface area contributed by atoms with E-state index >= 15 is 0 Å². The summed E-state index contributed by atoms with van der Waals surface area (Å²) >= 11 is 0. The SMILES string of the molecule is CNC(C)c1ccc2c(c1)CCN2CCc1cccnc1. The van der Waals surface area contributed by atoms with Gasteiger partial charge in [0.1, 0.15) is 0 Å². The molecule has 0 fully saturated rings. The Hall–Kier alpha value is -1.87. The molecule has 21 heavy (non-hydrogen) atoms. The lowest BCUT2D eigenvalue weighted by molar-refractivity contribution is 0.652. The van der Waals surface area contributed by atoms with Crippen molar-refractivity contribution in [2.24, 2.45) is 0 Å². The van der Waals surface area contributed by atoms with Crippen LogP contribution in [0.15, 0.2) is 42.7 Å². The molecule has 110 valence electrons. The van der Waals surface area contributed by atoms with E-state index in [2.05, 4.69) is 46.4 Å². The van der Waals surface area contributed by atoms with Crippen molar-refractivity contribution in [2.45, 2.75) is 25.8 Å².